The fourth-order valence-electron chi connectivity index (χ4n) is 1.79. The number of likely N-dealkylation sites (N-methyl/N-ethyl adjacent to an activating group) is 1. The molecule has 0 aromatic carbocycles. The molecule has 0 fully saturated rings. The lowest BCUT2D eigenvalue weighted by molar-refractivity contribution is 0.197. The molecule has 6 heteroatoms. The zero-order valence-corrected chi connectivity index (χ0v) is 17.8. The molecule has 22 heavy (non-hydrogen) atoms. The van der Waals surface area contributed by atoms with Gasteiger partial charge in [-0.15, -0.1) is 35.3 Å². The van der Waals surface area contributed by atoms with Crippen LogP contribution in [0, 0.1) is 5.92 Å². The minimum absolute atomic E-state index is 0. The third-order valence-electron chi connectivity index (χ3n) is 3.87. The van der Waals surface area contributed by atoms with Crippen LogP contribution in [0.4, 0.5) is 0 Å². The van der Waals surface area contributed by atoms with Gasteiger partial charge in [0.15, 0.2) is 5.96 Å². The molecule has 0 aliphatic rings. The van der Waals surface area contributed by atoms with Crippen molar-refractivity contribution in [2.75, 3.05) is 34.2 Å². The summed E-state index contributed by atoms with van der Waals surface area (Å²) in [5.74, 6) is 1.46. The molecule has 0 bridgehead atoms. The topological polar surface area (TPSA) is 39.7 Å². The molecule has 1 unspecified atom stereocenters. The molecular formula is C16H31IN4S. The van der Waals surface area contributed by atoms with Crippen LogP contribution in [0.3, 0.4) is 0 Å². The summed E-state index contributed by atoms with van der Waals surface area (Å²) in [5.41, 5.74) is 0.0974. The highest BCUT2D eigenvalue weighted by Crippen LogP contribution is 2.13. The van der Waals surface area contributed by atoms with Crippen molar-refractivity contribution >= 4 is 41.3 Å². The molecule has 0 aliphatic carbocycles. The van der Waals surface area contributed by atoms with Crippen LogP contribution in [0.15, 0.2) is 22.5 Å². The second-order valence-electron chi connectivity index (χ2n) is 6.40. The summed E-state index contributed by atoms with van der Waals surface area (Å²) in [6.07, 6.45) is 1.12. The van der Waals surface area contributed by atoms with Gasteiger partial charge in [0.2, 0.25) is 0 Å². The van der Waals surface area contributed by atoms with Crippen molar-refractivity contribution in [3.8, 4) is 0 Å². The lowest BCUT2D eigenvalue weighted by Crippen LogP contribution is -2.51. The van der Waals surface area contributed by atoms with Gasteiger partial charge in [0.25, 0.3) is 0 Å². The minimum Gasteiger partial charge on any atom is -0.356 e. The molecule has 0 amide bonds. The molecule has 0 saturated heterocycles. The van der Waals surface area contributed by atoms with E-state index >= 15 is 0 Å². The summed E-state index contributed by atoms with van der Waals surface area (Å²) in [5, 5.41) is 8.96. The predicted molar refractivity (Wildman–Crippen MR) is 110 cm³/mol. The van der Waals surface area contributed by atoms with Crippen LogP contribution in [0.5, 0.6) is 0 Å². The van der Waals surface area contributed by atoms with Crippen molar-refractivity contribution in [1.29, 1.82) is 0 Å². The van der Waals surface area contributed by atoms with E-state index in [0.29, 0.717) is 5.92 Å². The zero-order chi connectivity index (χ0) is 15.9. The highest BCUT2D eigenvalue weighted by molar-refractivity contribution is 14.0. The molecule has 1 atom stereocenters. The normalized spacial score (nSPS) is 13.7. The fraction of sp³-hybridized carbons (Fsp3) is 0.688. The molecule has 0 saturated carbocycles. The SMILES string of the molecule is CN=C(NCC(C)Cc1cccs1)NCC(C)(C)N(C)C.I. The van der Waals surface area contributed by atoms with Crippen LogP contribution in [0.25, 0.3) is 0 Å². The Morgan fingerprint density at radius 3 is 2.55 bits per heavy atom. The maximum Gasteiger partial charge on any atom is 0.191 e. The molecule has 128 valence electrons. The first kappa shape index (κ1) is 21.7. The van der Waals surface area contributed by atoms with E-state index in [1.807, 2.05) is 18.4 Å². The molecule has 0 radical (unpaired) electrons. The standard InChI is InChI=1S/C16H30N4S.HI/c1-13(10-14-8-7-9-21-14)11-18-15(17-4)19-12-16(2,3)20(5)6;/h7-9,13H,10-12H2,1-6H3,(H2,17,18,19);1H. The van der Waals surface area contributed by atoms with Gasteiger partial charge in [-0.2, -0.15) is 0 Å². The Morgan fingerprint density at radius 2 is 2.05 bits per heavy atom. The molecule has 0 spiro atoms. The van der Waals surface area contributed by atoms with E-state index < -0.39 is 0 Å². The van der Waals surface area contributed by atoms with E-state index in [0.717, 1.165) is 25.5 Å². The summed E-state index contributed by atoms with van der Waals surface area (Å²) >= 11 is 1.83. The molecule has 1 aromatic rings. The van der Waals surface area contributed by atoms with Crippen LogP contribution in [0.2, 0.25) is 0 Å². The third kappa shape index (κ3) is 7.78. The Hall–Kier alpha value is -0.340. The highest BCUT2D eigenvalue weighted by Gasteiger charge is 2.20. The Bertz CT molecular complexity index is 429. The van der Waals surface area contributed by atoms with E-state index in [1.54, 1.807) is 0 Å². The number of hydrogen-bond donors (Lipinski definition) is 2. The van der Waals surface area contributed by atoms with E-state index in [9.17, 15) is 0 Å². The number of hydrogen-bond acceptors (Lipinski definition) is 3. The van der Waals surface area contributed by atoms with Gasteiger partial charge >= 0.3 is 0 Å². The fourth-order valence-corrected chi connectivity index (χ4v) is 2.66. The molecule has 0 aliphatic heterocycles. The van der Waals surface area contributed by atoms with Gasteiger partial charge in [-0.1, -0.05) is 13.0 Å². The number of nitrogens with one attached hydrogen (secondary N) is 2. The van der Waals surface area contributed by atoms with Gasteiger partial charge in [0.05, 0.1) is 0 Å². The van der Waals surface area contributed by atoms with Crippen molar-refractivity contribution in [3.63, 3.8) is 0 Å². The highest BCUT2D eigenvalue weighted by atomic mass is 127. The first-order valence-corrected chi connectivity index (χ1v) is 8.37. The summed E-state index contributed by atoms with van der Waals surface area (Å²) < 4.78 is 0. The van der Waals surface area contributed by atoms with E-state index in [-0.39, 0.29) is 29.5 Å². The molecule has 2 N–H and O–H groups in total. The Balaban J connectivity index is 0.00000441. The maximum absolute atomic E-state index is 4.30. The minimum atomic E-state index is 0. The molecular weight excluding hydrogens is 407 g/mol. The van der Waals surface area contributed by atoms with Crippen LogP contribution in [-0.4, -0.2) is 50.6 Å². The summed E-state index contributed by atoms with van der Waals surface area (Å²) in [7, 11) is 6.02. The number of rotatable bonds is 7. The number of halogens is 1. The van der Waals surface area contributed by atoms with Crippen molar-refractivity contribution in [1.82, 2.24) is 15.5 Å². The number of thiophene rings is 1. The van der Waals surface area contributed by atoms with Gasteiger partial charge in [-0.05, 0) is 51.7 Å². The van der Waals surface area contributed by atoms with E-state index in [1.165, 1.54) is 4.88 Å². The van der Waals surface area contributed by atoms with Gasteiger partial charge < -0.3 is 15.5 Å². The summed E-state index contributed by atoms with van der Waals surface area (Å²) in [6, 6.07) is 4.32. The van der Waals surface area contributed by atoms with Gasteiger partial charge in [-0.3, -0.25) is 4.99 Å². The van der Waals surface area contributed by atoms with Gasteiger partial charge in [0, 0.05) is 30.6 Å². The first-order chi connectivity index (χ1) is 9.85. The second-order valence-corrected chi connectivity index (χ2v) is 7.43. The smallest absolute Gasteiger partial charge is 0.191 e. The lowest BCUT2D eigenvalue weighted by Gasteiger charge is -2.33. The van der Waals surface area contributed by atoms with E-state index in [2.05, 4.69) is 72.9 Å². The van der Waals surface area contributed by atoms with Crippen molar-refractivity contribution < 1.29 is 0 Å². The van der Waals surface area contributed by atoms with E-state index in [4.69, 9.17) is 0 Å². The van der Waals surface area contributed by atoms with Gasteiger partial charge in [0.1, 0.15) is 0 Å². The summed E-state index contributed by atoms with van der Waals surface area (Å²) in [6.45, 7) is 8.49. The second kappa shape index (κ2) is 10.4. The monoisotopic (exact) mass is 438 g/mol. The Morgan fingerprint density at radius 1 is 1.36 bits per heavy atom. The first-order valence-electron chi connectivity index (χ1n) is 7.49. The zero-order valence-electron chi connectivity index (χ0n) is 14.6. The third-order valence-corrected chi connectivity index (χ3v) is 4.77. The molecule has 1 rings (SSSR count). The lowest BCUT2D eigenvalue weighted by atomic mass is 10.0. The van der Waals surface area contributed by atoms with Gasteiger partial charge in [-0.25, -0.2) is 0 Å². The average Bonchev–Trinajstić information content (AvgIpc) is 2.91. The molecule has 4 nitrogen and oxygen atoms in total. The number of aliphatic imine (C=N–C) groups is 1. The quantitative estimate of drug-likeness (QED) is 0.391. The number of nitrogens with zero attached hydrogens (tertiary/aromatic N) is 2. The van der Waals surface area contributed by atoms with Crippen LogP contribution in [-0.2, 0) is 6.42 Å². The van der Waals surface area contributed by atoms with Crippen molar-refractivity contribution in [2.45, 2.75) is 32.7 Å². The van der Waals surface area contributed by atoms with Crippen LogP contribution >= 0.6 is 35.3 Å². The number of guanidine groups is 1. The Kier molecular flexibility index (Phi) is 10.3. The Labute approximate surface area is 156 Å². The van der Waals surface area contributed by atoms with Crippen LogP contribution in [0.1, 0.15) is 25.6 Å². The van der Waals surface area contributed by atoms with Crippen LogP contribution < -0.4 is 10.6 Å². The maximum atomic E-state index is 4.30. The molecule has 1 heterocycles. The molecule has 1 aromatic heterocycles. The van der Waals surface area contributed by atoms with Crippen molar-refractivity contribution in [3.05, 3.63) is 22.4 Å². The largest absolute Gasteiger partial charge is 0.356 e. The van der Waals surface area contributed by atoms with Crippen molar-refractivity contribution in [2.24, 2.45) is 10.9 Å². The summed E-state index contributed by atoms with van der Waals surface area (Å²) in [4.78, 5) is 7.96. The predicted octanol–water partition coefficient (Wildman–Crippen LogP) is 3.05. The average molecular weight is 438 g/mol.